The van der Waals surface area contributed by atoms with Crippen molar-refractivity contribution in [3.05, 3.63) is 39.1 Å². The number of H-pyrrole nitrogens is 1. The van der Waals surface area contributed by atoms with Gasteiger partial charge in [0.15, 0.2) is 0 Å². The molecule has 0 fully saturated rings. The number of hydrogen-bond acceptors (Lipinski definition) is 2. The molecule has 0 aliphatic heterocycles. The number of aromatic amines is 1. The number of nitrogens with one attached hydrogen (secondary N) is 1. The highest BCUT2D eigenvalue weighted by Crippen LogP contribution is 2.29. The molecule has 23 heavy (non-hydrogen) atoms. The average molecular weight is 356 g/mol. The van der Waals surface area contributed by atoms with Crippen molar-refractivity contribution in [3.63, 3.8) is 0 Å². The first-order valence-corrected chi connectivity index (χ1v) is 9.11. The Labute approximate surface area is 146 Å². The fourth-order valence-electron chi connectivity index (χ4n) is 2.64. The van der Waals surface area contributed by atoms with E-state index in [1.54, 1.807) is 6.07 Å². The van der Waals surface area contributed by atoms with Gasteiger partial charge in [0.1, 0.15) is 5.75 Å². The van der Waals surface area contributed by atoms with Crippen molar-refractivity contribution in [1.82, 2.24) is 4.98 Å². The second kappa shape index (κ2) is 9.19. The van der Waals surface area contributed by atoms with Crippen LogP contribution < -0.4 is 10.3 Å². The van der Waals surface area contributed by atoms with E-state index in [2.05, 4.69) is 11.9 Å². The summed E-state index contributed by atoms with van der Waals surface area (Å²) in [6.45, 7) is 2.65. The Bertz CT molecular complexity index is 697. The van der Waals surface area contributed by atoms with Gasteiger partial charge in [-0.1, -0.05) is 37.8 Å². The Morgan fingerprint density at radius 2 is 1.96 bits per heavy atom. The van der Waals surface area contributed by atoms with Crippen LogP contribution in [0.2, 0.25) is 5.02 Å². The average Bonchev–Trinajstić information content (AvgIpc) is 2.54. The summed E-state index contributed by atoms with van der Waals surface area (Å²) in [5, 5.41) is 1.51. The van der Waals surface area contributed by atoms with E-state index in [1.165, 1.54) is 0 Å². The van der Waals surface area contributed by atoms with Crippen LogP contribution in [0.3, 0.4) is 0 Å². The van der Waals surface area contributed by atoms with Gasteiger partial charge in [0, 0.05) is 16.3 Å². The minimum absolute atomic E-state index is 0.0705. The number of benzene rings is 1. The van der Waals surface area contributed by atoms with E-state index < -0.39 is 0 Å². The zero-order valence-corrected chi connectivity index (χ0v) is 15.0. The summed E-state index contributed by atoms with van der Waals surface area (Å²) in [6.07, 6.45) is 5.76. The van der Waals surface area contributed by atoms with Gasteiger partial charge in [0.25, 0.3) is 5.56 Å². The third-order valence-corrected chi connectivity index (χ3v) is 4.30. The minimum atomic E-state index is -0.0705. The zero-order valence-electron chi connectivity index (χ0n) is 13.5. The summed E-state index contributed by atoms with van der Waals surface area (Å²) in [7, 11) is 0. The molecule has 0 aliphatic carbocycles. The molecule has 0 unspecified atom stereocenters. The third-order valence-electron chi connectivity index (χ3n) is 3.80. The quantitative estimate of drug-likeness (QED) is 0.489. The number of pyridine rings is 1. The maximum Gasteiger partial charge on any atom is 0.255 e. The van der Waals surface area contributed by atoms with E-state index >= 15 is 0 Å². The van der Waals surface area contributed by atoms with E-state index in [4.69, 9.17) is 27.9 Å². The van der Waals surface area contributed by atoms with Gasteiger partial charge in [-0.15, -0.1) is 11.6 Å². The smallest absolute Gasteiger partial charge is 0.255 e. The molecular weight excluding hydrogens is 333 g/mol. The SMILES string of the molecule is CCCc1c(OCCCCCCCl)c2cc(Cl)ccc2[nH]c1=O. The molecule has 1 N–H and O–H groups in total. The van der Waals surface area contributed by atoms with Crippen LogP contribution in [-0.4, -0.2) is 17.5 Å². The first kappa shape index (κ1) is 18.2. The van der Waals surface area contributed by atoms with Gasteiger partial charge in [0.05, 0.1) is 17.7 Å². The Morgan fingerprint density at radius 1 is 1.17 bits per heavy atom. The van der Waals surface area contributed by atoms with Crippen LogP contribution in [0.1, 0.15) is 44.6 Å². The second-order valence-corrected chi connectivity index (χ2v) is 6.47. The van der Waals surface area contributed by atoms with Gasteiger partial charge in [-0.05, 0) is 37.5 Å². The van der Waals surface area contributed by atoms with Crippen molar-refractivity contribution in [2.75, 3.05) is 12.5 Å². The van der Waals surface area contributed by atoms with E-state index in [0.717, 1.165) is 43.0 Å². The van der Waals surface area contributed by atoms with E-state index in [9.17, 15) is 4.79 Å². The topological polar surface area (TPSA) is 42.1 Å². The summed E-state index contributed by atoms with van der Waals surface area (Å²) in [5.41, 5.74) is 1.40. The molecule has 0 bridgehead atoms. The van der Waals surface area contributed by atoms with E-state index in [-0.39, 0.29) is 5.56 Å². The first-order valence-electron chi connectivity index (χ1n) is 8.20. The Hall–Kier alpha value is -1.19. The number of rotatable bonds is 9. The van der Waals surface area contributed by atoms with Crippen LogP contribution in [0.15, 0.2) is 23.0 Å². The highest BCUT2D eigenvalue weighted by atomic mass is 35.5. The van der Waals surface area contributed by atoms with E-state index in [0.29, 0.717) is 35.2 Å². The highest BCUT2D eigenvalue weighted by Gasteiger charge is 2.14. The number of unbranched alkanes of at least 4 members (excludes halogenated alkanes) is 3. The van der Waals surface area contributed by atoms with Crippen LogP contribution in [0.4, 0.5) is 0 Å². The molecule has 1 heterocycles. The van der Waals surface area contributed by atoms with Gasteiger partial charge < -0.3 is 9.72 Å². The van der Waals surface area contributed by atoms with Crippen molar-refractivity contribution in [2.24, 2.45) is 0 Å². The normalized spacial score (nSPS) is 11.1. The first-order chi connectivity index (χ1) is 11.2. The van der Waals surface area contributed by atoms with Gasteiger partial charge in [-0.2, -0.15) is 0 Å². The number of fused-ring (bicyclic) bond motifs is 1. The molecule has 0 spiro atoms. The van der Waals surface area contributed by atoms with Gasteiger partial charge in [0.2, 0.25) is 0 Å². The number of ether oxygens (including phenoxy) is 1. The fourth-order valence-corrected chi connectivity index (χ4v) is 3.00. The molecule has 1 aromatic heterocycles. The third kappa shape index (κ3) is 4.89. The number of alkyl halides is 1. The largest absolute Gasteiger partial charge is 0.492 e. The van der Waals surface area contributed by atoms with Gasteiger partial charge in [-0.25, -0.2) is 0 Å². The zero-order chi connectivity index (χ0) is 16.7. The number of aromatic nitrogens is 1. The predicted molar refractivity (Wildman–Crippen MR) is 98.3 cm³/mol. The Kier molecular flexibility index (Phi) is 7.25. The van der Waals surface area contributed by atoms with Crippen molar-refractivity contribution < 1.29 is 4.74 Å². The monoisotopic (exact) mass is 355 g/mol. The minimum Gasteiger partial charge on any atom is -0.492 e. The van der Waals surface area contributed by atoms with Crippen LogP contribution >= 0.6 is 23.2 Å². The molecule has 0 aliphatic rings. The maximum absolute atomic E-state index is 12.3. The standard InChI is InChI=1S/C18H23Cl2NO2/c1-2-7-14-17(23-11-6-4-3-5-10-19)15-12-13(20)8-9-16(15)21-18(14)22/h8-9,12H,2-7,10-11H2,1H3,(H,21,22). The molecule has 126 valence electrons. The van der Waals surface area contributed by atoms with Gasteiger partial charge >= 0.3 is 0 Å². The maximum atomic E-state index is 12.3. The summed E-state index contributed by atoms with van der Waals surface area (Å²) in [6, 6.07) is 5.45. The second-order valence-electron chi connectivity index (χ2n) is 5.65. The lowest BCUT2D eigenvalue weighted by Gasteiger charge is -2.14. The lowest BCUT2D eigenvalue weighted by molar-refractivity contribution is 0.305. The summed E-state index contributed by atoms with van der Waals surface area (Å²) >= 11 is 11.8. The van der Waals surface area contributed by atoms with Crippen LogP contribution in [-0.2, 0) is 6.42 Å². The summed E-state index contributed by atoms with van der Waals surface area (Å²) in [5.74, 6) is 1.39. The Balaban J connectivity index is 2.24. The molecular formula is C18H23Cl2NO2. The molecule has 2 rings (SSSR count). The Morgan fingerprint density at radius 3 is 2.70 bits per heavy atom. The van der Waals surface area contributed by atoms with Crippen LogP contribution in [0.25, 0.3) is 10.9 Å². The van der Waals surface area contributed by atoms with Crippen LogP contribution in [0, 0.1) is 0 Å². The number of hydrogen-bond donors (Lipinski definition) is 1. The predicted octanol–water partition coefficient (Wildman–Crippen LogP) is 5.31. The van der Waals surface area contributed by atoms with E-state index in [1.807, 2.05) is 12.1 Å². The number of halogens is 2. The van der Waals surface area contributed by atoms with Crippen molar-refractivity contribution in [3.8, 4) is 5.75 Å². The summed E-state index contributed by atoms with van der Waals surface area (Å²) < 4.78 is 6.01. The fraction of sp³-hybridized carbons (Fsp3) is 0.500. The molecule has 0 atom stereocenters. The van der Waals surface area contributed by atoms with Crippen LogP contribution in [0.5, 0.6) is 5.75 Å². The molecule has 2 aromatic rings. The molecule has 3 nitrogen and oxygen atoms in total. The highest BCUT2D eigenvalue weighted by molar-refractivity contribution is 6.31. The summed E-state index contributed by atoms with van der Waals surface area (Å²) in [4.78, 5) is 15.2. The molecule has 0 amide bonds. The van der Waals surface area contributed by atoms with Crippen molar-refractivity contribution in [1.29, 1.82) is 0 Å². The lowest BCUT2D eigenvalue weighted by atomic mass is 10.1. The molecule has 1 aromatic carbocycles. The van der Waals surface area contributed by atoms with Gasteiger partial charge in [-0.3, -0.25) is 4.79 Å². The molecule has 0 saturated heterocycles. The molecule has 5 heteroatoms. The van der Waals surface area contributed by atoms with Crippen molar-refractivity contribution >= 4 is 34.1 Å². The molecule has 0 radical (unpaired) electrons. The molecule has 0 saturated carbocycles. The lowest BCUT2D eigenvalue weighted by Crippen LogP contribution is -2.15. The van der Waals surface area contributed by atoms with Crippen molar-refractivity contribution in [2.45, 2.75) is 45.4 Å².